The maximum absolute atomic E-state index is 12.3. The van der Waals surface area contributed by atoms with E-state index in [1.165, 1.54) is 0 Å². The Hall–Kier alpha value is -1.00. The molecule has 0 spiro atoms. The second-order valence-electron chi connectivity index (χ2n) is 4.64. The third kappa shape index (κ3) is 3.50. The summed E-state index contributed by atoms with van der Waals surface area (Å²) in [5, 5.41) is 3.27. The molecule has 1 unspecified atom stereocenters. The molecule has 0 saturated carbocycles. The number of rotatable bonds is 4. The van der Waals surface area contributed by atoms with Gasteiger partial charge in [-0.2, -0.15) is 11.8 Å². The van der Waals surface area contributed by atoms with Gasteiger partial charge in [0.25, 0.3) is 0 Å². The first-order valence-corrected chi connectivity index (χ1v) is 7.44. The first-order valence-electron chi connectivity index (χ1n) is 6.29. The summed E-state index contributed by atoms with van der Waals surface area (Å²) in [5.41, 5.74) is 0.730. The van der Waals surface area contributed by atoms with Gasteiger partial charge in [-0.3, -0.25) is 4.79 Å². The van der Waals surface area contributed by atoms with E-state index < -0.39 is 0 Å². The molecule has 0 bridgehead atoms. The average Bonchev–Trinajstić information content (AvgIpc) is 2.38. The Morgan fingerprint density at radius 3 is 3.00 bits per heavy atom. The van der Waals surface area contributed by atoms with Crippen LogP contribution >= 0.6 is 11.8 Å². The van der Waals surface area contributed by atoms with E-state index in [4.69, 9.17) is 4.74 Å². The second kappa shape index (κ2) is 6.25. The van der Waals surface area contributed by atoms with Gasteiger partial charge in [-0.25, -0.2) is 0 Å². The SMILES string of the molecule is CC(C)Oc1cccc(C(=O)C2CSCCN2)c1. The lowest BCUT2D eigenvalue weighted by Crippen LogP contribution is -2.43. The molecule has 1 heterocycles. The first kappa shape index (κ1) is 13.4. The molecule has 1 aliphatic rings. The van der Waals surface area contributed by atoms with Gasteiger partial charge >= 0.3 is 0 Å². The van der Waals surface area contributed by atoms with E-state index in [2.05, 4.69) is 5.32 Å². The summed E-state index contributed by atoms with van der Waals surface area (Å²) < 4.78 is 5.61. The van der Waals surface area contributed by atoms with Crippen LogP contribution < -0.4 is 10.1 Å². The Labute approximate surface area is 112 Å². The lowest BCUT2D eigenvalue weighted by atomic mass is 10.0. The van der Waals surface area contributed by atoms with E-state index in [0.29, 0.717) is 0 Å². The minimum Gasteiger partial charge on any atom is -0.491 e. The Kier molecular flexibility index (Phi) is 4.66. The topological polar surface area (TPSA) is 38.3 Å². The number of nitrogens with one attached hydrogen (secondary N) is 1. The molecule has 1 saturated heterocycles. The van der Waals surface area contributed by atoms with Gasteiger partial charge in [0, 0.05) is 23.6 Å². The molecular weight excluding hydrogens is 246 g/mol. The third-order valence-electron chi connectivity index (χ3n) is 2.73. The molecule has 3 nitrogen and oxygen atoms in total. The molecule has 18 heavy (non-hydrogen) atoms. The average molecular weight is 265 g/mol. The van der Waals surface area contributed by atoms with Gasteiger partial charge in [0.1, 0.15) is 5.75 Å². The molecule has 1 N–H and O–H groups in total. The van der Waals surface area contributed by atoms with Gasteiger partial charge in [-0.15, -0.1) is 0 Å². The molecule has 0 amide bonds. The number of hydrogen-bond donors (Lipinski definition) is 1. The fraction of sp³-hybridized carbons (Fsp3) is 0.500. The van der Waals surface area contributed by atoms with E-state index in [1.54, 1.807) is 0 Å². The number of hydrogen-bond acceptors (Lipinski definition) is 4. The van der Waals surface area contributed by atoms with Gasteiger partial charge in [-0.05, 0) is 26.0 Å². The van der Waals surface area contributed by atoms with E-state index in [0.717, 1.165) is 29.4 Å². The number of Topliss-reactive ketones (excluding diaryl/α,β-unsaturated/α-hetero) is 1. The summed E-state index contributed by atoms with van der Waals surface area (Å²) in [6, 6.07) is 7.40. The molecule has 0 radical (unpaired) electrons. The maximum Gasteiger partial charge on any atom is 0.180 e. The lowest BCUT2D eigenvalue weighted by Gasteiger charge is -2.22. The Bertz CT molecular complexity index is 414. The van der Waals surface area contributed by atoms with Crippen LogP contribution in [0, 0.1) is 0 Å². The summed E-state index contributed by atoms with van der Waals surface area (Å²) in [5.74, 6) is 2.87. The number of ketones is 1. The quantitative estimate of drug-likeness (QED) is 0.848. The number of thioether (sulfide) groups is 1. The van der Waals surface area contributed by atoms with Crippen LogP contribution in [-0.2, 0) is 0 Å². The summed E-state index contributed by atoms with van der Waals surface area (Å²) >= 11 is 1.83. The summed E-state index contributed by atoms with van der Waals surface area (Å²) in [7, 11) is 0. The molecule has 1 aliphatic heterocycles. The largest absolute Gasteiger partial charge is 0.491 e. The maximum atomic E-state index is 12.3. The monoisotopic (exact) mass is 265 g/mol. The van der Waals surface area contributed by atoms with Gasteiger partial charge in [0.15, 0.2) is 5.78 Å². The van der Waals surface area contributed by atoms with E-state index in [9.17, 15) is 4.79 Å². The third-order valence-corrected chi connectivity index (χ3v) is 3.79. The van der Waals surface area contributed by atoms with Crippen LogP contribution in [0.3, 0.4) is 0 Å². The van der Waals surface area contributed by atoms with E-state index in [-0.39, 0.29) is 17.9 Å². The van der Waals surface area contributed by atoms with Crippen molar-refractivity contribution in [1.82, 2.24) is 5.32 Å². The number of ether oxygens (including phenoxy) is 1. The molecular formula is C14H19NO2S. The Balaban J connectivity index is 2.09. The first-order chi connectivity index (χ1) is 8.66. The number of carbonyl (C=O) groups excluding carboxylic acids is 1. The van der Waals surface area contributed by atoms with Crippen LogP contribution in [0.2, 0.25) is 0 Å². The molecule has 1 atom stereocenters. The van der Waals surface area contributed by atoms with Crippen LogP contribution in [-0.4, -0.2) is 36.0 Å². The summed E-state index contributed by atoms with van der Waals surface area (Å²) in [4.78, 5) is 12.3. The molecule has 98 valence electrons. The van der Waals surface area contributed by atoms with Crippen LogP contribution in [0.4, 0.5) is 0 Å². The lowest BCUT2D eigenvalue weighted by molar-refractivity contribution is 0.0952. The van der Waals surface area contributed by atoms with Crippen LogP contribution in [0.15, 0.2) is 24.3 Å². The standard InChI is InChI=1S/C14H19NO2S/c1-10(2)17-12-5-3-4-11(8-12)14(16)13-9-18-7-6-15-13/h3-5,8,10,13,15H,6-7,9H2,1-2H3. The highest BCUT2D eigenvalue weighted by molar-refractivity contribution is 7.99. The fourth-order valence-electron chi connectivity index (χ4n) is 1.93. The molecule has 1 aromatic carbocycles. The van der Waals surface area contributed by atoms with Crippen molar-refractivity contribution in [3.05, 3.63) is 29.8 Å². The minimum atomic E-state index is -0.0574. The van der Waals surface area contributed by atoms with Gasteiger partial charge in [0.05, 0.1) is 12.1 Å². The molecule has 0 aromatic heterocycles. The van der Waals surface area contributed by atoms with Gasteiger partial charge < -0.3 is 10.1 Å². The number of benzene rings is 1. The van der Waals surface area contributed by atoms with Crippen molar-refractivity contribution in [3.63, 3.8) is 0 Å². The molecule has 1 aromatic rings. The highest BCUT2D eigenvalue weighted by Crippen LogP contribution is 2.18. The zero-order chi connectivity index (χ0) is 13.0. The summed E-state index contributed by atoms with van der Waals surface area (Å²) in [6.45, 7) is 4.87. The molecule has 4 heteroatoms. The van der Waals surface area contributed by atoms with Crippen LogP contribution in [0.5, 0.6) is 5.75 Å². The normalized spacial score (nSPS) is 19.8. The second-order valence-corrected chi connectivity index (χ2v) is 5.79. The van der Waals surface area contributed by atoms with Crippen molar-refractivity contribution in [3.8, 4) is 5.75 Å². The van der Waals surface area contributed by atoms with E-state index in [1.807, 2.05) is 49.9 Å². The van der Waals surface area contributed by atoms with Crippen molar-refractivity contribution in [1.29, 1.82) is 0 Å². The van der Waals surface area contributed by atoms with Gasteiger partial charge in [0.2, 0.25) is 0 Å². The van der Waals surface area contributed by atoms with Crippen LogP contribution in [0.1, 0.15) is 24.2 Å². The van der Waals surface area contributed by atoms with Crippen molar-refractivity contribution < 1.29 is 9.53 Å². The number of carbonyl (C=O) groups is 1. The van der Waals surface area contributed by atoms with Crippen molar-refractivity contribution in [2.75, 3.05) is 18.1 Å². The highest BCUT2D eigenvalue weighted by atomic mass is 32.2. The van der Waals surface area contributed by atoms with Crippen LogP contribution in [0.25, 0.3) is 0 Å². The van der Waals surface area contributed by atoms with Crippen molar-refractivity contribution in [2.24, 2.45) is 0 Å². The van der Waals surface area contributed by atoms with Crippen molar-refractivity contribution >= 4 is 17.5 Å². The summed E-state index contributed by atoms with van der Waals surface area (Å²) in [6.07, 6.45) is 0.124. The fourth-order valence-corrected chi connectivity index (χ4v) is 2.86. The minimum absolute atomic E-state index is 0.0574. The molecule has 2 rings (SSSR count). The smallest absolute Gasteiger partial charge is 0.180 e. The predicted octanol–water partition coefficient (Wildman–Crippen LogP) is 2.36. The highest BCUT2D eigenvalue weighted by Gasteiger charge is 2.22. The zero-order valence-electron chi connectivity index (χ0n) is 10.8. The Morgan fingerprint density at radius 2 is 2.33 bits per heavy atom. The predicted molar refractivity (Wildman–Crippen MR) is 75.7 cm³/mol. The molecule has 1 fully saturated rings. The zero-order valence-corrected chi connectivity index (χ0v) is 11.6. The van der Waals surface area contributed by atoms with E-state index >= 15 is 0 Å². The molecule has 0 aliphatic carbocycles. The van der Waals surface area contributed by atoms with Crippen molar-refractivity contribution in [2.45, 2.75) is 26.0 Å². The Morgan fingerprint density at radius 1 is 1.50 bits per heavy atom. The van der Waals surface area contributed by atoms with Gasteiger partial charge in [-0.1, -0.05) is 12.1 Å².